The molecule has 2 amide bonds. The van der Waals surface area contributed by atoms with Crippen LogP contribution in [0.15, 0.2) is 59.8 Å². The summed E-state index contributed by atoms with van der Waals surface area (Å²) < 4.78 is 6.01. The fraction of sp³-hybridized carbons (Fsp3) is 0.182. The number of carbonyl (C=O) groups excluding carboxylic acids is 2. The first-order chi connectivity index (χ1) is 16.2. The van der Waals surface area contributed by atoms with Crippen molar-refractivity contribution in [2.24, 2.45) is 5.10 Å². The van der Waals surface area contributed by atoms with Gasteiger partial charge in [-0.3, -0.25) is 19.7 Å². The predicted molar refractivity (Wildman–Crippen MR) is 126 cm³/mol. The lowest BCUT2D eigenvalue weighted by atomic mass is 10.1. The topological polar surface area (TPSA) is 141 Å². The molecule has 1 atom stereocenters. The normalized spacial score (nSPS) is 12.1. The zero-order chi connectivity index (χ0) is 24.8. The van der Waals surface area contributed by atoms with Crippen molar-refractivity contribution < 1.29 is 19.2 Å². The summed E-state index contributed by atoms with van der Waals surface area (Å²) in [7, 11) is 1.26. The molecule has 3 aromatic rings. The highest BCUT2D eigenvalue weighted by Gasteiger charge is 2.25. The monoisotopic (exact) mass is 484 g/mol. The van der Waals surface area contributed by atoms with Gasteiger partial charge in [0.25, 0.3) is 11.8 Å². The molecule has 1 heterocycles. The summed E-state index contributed by atoms with van der Waals surface area (Å²) in [4.78, 5) is 35.2. The van der Waals surface area contributed by atoms with Crippen molar-refractivity contribution in [3.8, 4) is 5.88 Å². The van der Waals surface area contributed by atoms with Gasteiger partial charge in [0, 0.05) is 16.3 Å². The highest BCUT2D eigenvalue weighted by Crippen LogP contribution is 2.26. The average Bonchev–Trinajstić information content (AvgIpc) is 3.27. The number of ether oxygens (including phenoxy) is 1. The van der Waals surface area contributed by atoms with Gasteiger partial charge in [0.2, 0.25) is 0 Å². The minimum atomic E-state index is -0.872. The van der Waals surface area contributed by atoms with Crippen LogP contribution in [0.5, 0.6) is 5.88 Å². The fourth-order valence-electron chi connectivity index (χ4n) is 2.88. The van der Waals surface area contributed by atoms with Gasteiger partial charge >= 0.3 is 11.6 Å². The lowest BCUT2D eigenvalue weighted by Gasteiger charge is -2.10. The number of nitro groups is 1. The molecule has 176 valence electrons. The number of hydrogen-bond acceptors (Lipinski definition) is 7. The maximum absolute atomic E-state index is 12.4. The van der Waals surface area contributed by atoms with Gasteiger partial charge in [0.15, 0.2) is 0 Å². The van der Waals surface area contributed by atoms with Gasteiger partial charge in [-0.1, -0.05) is 29.8 Å². The predicted octanol–water partition coefficient (Wildman–Crippen LogP) is 3.81. The molecule has 34 heavy (non-hydrogen) atoms. The third-order valence-corrected chi connectivity index (χ3v) is 5.06. The Morgan fingerprint density at radius 1 is 1.21 bits per heavy atom. The Kier molecular flexibility index (Phi) is 7.59. The second kappa shape index (κ2) is 10.6. The molecule has 1 aromatic heterocycles. The second-order valence-corrected chi connectivity index (χ2v) is 7.59. The van der Waals surface area contributed by atoms with E-state index < -0.39 is 16.9 Å². The molecule has 0 spiro atoms. The molecule has 0 bridgehead atoms. The number of rotatable bonds is 8. The van der Waals surface area contributed by atoms with Gasteiger partial charge in [0.1, 0.15) is 12.2 Å². The van der Waals surface area contributed by atoms with Crippen molar-refractivity contribution in [3.05, 3.63) is 81.0 Å². The van der Waals surface area contributed by atoms with Gasteiger partial charge in [-0.15, -0.1) is 5.10 Å². The number of hydrazone groups is 1. The summed E-state index contributed by atoms with van der Waals surface area (Å²) in [5.74, 6) is -1.01. The van der Waals surface area contributed by atoms with Crippen LogP contribution >= 0.6 is 11.6 Å². The fourth-order valence-corrected chi connectivity index (χ4v) is 3.07. The van der Waals surface area contributed by atoms with Crippen LogP contribution in [0.3, 0.4) is 0 Å². The number of hydrogen-bond donors (Lipinski definition) is 2. The first-order valence-electron chi connectivity index (χ1n) is 9.98. The van der Waals surface area contributed by atoms with Crippen LogP contribution < -0.4 is 15.5 Å². The number of amides is 2. The van der Waals surface area contributed by atoms with E-state index in [1.807, 2.05) is 0 Å². The van der Waals surface area contributed by atoms with Crippen molar-refractivity contribution >= 4 is 40.5 Å². The van der Waals surface area contributed by atoms with Crippen LogP contribution in [-0.4, -0.2) is 39.3 Å². The largest absolute Gasteiger partial charge is 0.475 e. The average molecular weight is 485 g/mol. The number of nitrogens with zero attached hydrogens (tertiary/aromatic N) is 4. The molecule has 0 aliphatic rings. The number of anilines is 1. The summed E-state index contributed by atoms with van der Waals surface area (Å²) in [6.07, 6.45) is 1.12. The standard InChI is InChI=1S/C22H21ClN6O5/c1-13(25-26-20(30)14(2)28-12-19(29(32)33)22(27-28)34-3)15-7-9-18(10-8-15)24-21(31)16-5-4-6-17(23)11-16/h4-12,14H,1-3H3,(H,24,31)(H,26,30)/t14-/m1/s1. The Bertz CT molecular complexity index is 1250. The van der Waals surface area contributed by atoms with E-state index in [0.29, 0.717) is 27.5 Å². The summed E-state index contributed by atoms with van der Waals surface area (Å²) in [6.45, 7) is 3.22. The maximum Gasteiger partial charge on any atom is 0.350 e. The van der Waals surface area contributed by atoms with Gasteiger partial charge in [-0.25, -0.2) is 10.1 Å². The number of halogens is 1. The quantitative estimate of drug-likeness (QED) is 0.283. The van der Waals surface area contributed by atoms with E-state index in [1.54, 1.807) is 55.5 Å². The number of aromatic nitrogens is 2. The molecule has 3 rings (SSSR count). The zero-order valence-corrected chi connectivity index (χ0v) is 19.2. The van der Waals surface area contributed by atoms with E-state index in [9.17, 15) is 19.7 Å². The van der Waals surface area contributed by atoms with Crippen molar-refractivity contribution in [3.63, 3.8) is 0 Å². The van der Waals surface area contributed by atoms with E-state index >= 15 is 0 Å². The first-order valence-corrected chi connectivity index (χ1v) is 10.4. The second-order valence-electron chi connectivity index (χ2n) is 7.15. The molecule has 0 aliphatic heterocycles. The van der Waals surface area contributed by atoms with E-state index in [2.05, 4.69) is 20.9 Å². The smallest absolute Gasteiger partial charge is 0.350 e. The third-order valence-electron chi connectivity index (χ3n) is 4.83. The molecular weight excluding hydrogens is 464 g/mol. The van der Waals surface area contributed by atoms with Crippen molar-refractivity contribution in [1.29, 1.82) is 0 Å². The minimum Gasteiger partial charge on any atom is -0.475 e. The van der Waals surface area contributed by atoms with Gasteiger partial charge in [-0.2, -0.15) is 5.10 Å². The van der Waals surface area contributed by atoms with Crippen molar-refractivity contribution in [1.82, 2.24) is 15.2 Å². The van der Waals surface area contributed by atoms with Crippen LogP contribution in [0.1, 0.15) is 35.8 Å². The van der Waals surface area contributed by atoms with Crippen LogP contribution in [0.25, 0.3) is 0 Å². The van der Waals surface area contributed by atoms with Gasteiger partial charge in [-0.05, 0) is 49.7 Å². The van der Waals surface area contributed by atoms with Crippen LogP contribution in [-0.2, 0) is 4.79 Å². The van der Waals surface area contributed by atoms with Gasteiger partial charge in [0.05, 0.1) is 17.7 Å². The lowest BCUT2D eigenvalue weighted by molar-refractivity contribution is -0.385. The molecule has 0 saturated heterocycles. The molecule has 0 radical (unpaired) electrons. The van der Waals surface area contributed by atoms with Crippen LogP contribution in [0.2, 0.25) is 5.02 Å². The zero-order valence-electron chi connectivity index (χ0n) is 18.5. The molecule has 0 fully saturated rings. The Labute approximate surface area is 199 Å². The summed E-state index contributed by atoms with van der Waals surface area (Å²) in [5.41, 5.74) is 4.32. The highest BCUT2D eigenvalue weighted by molar-refractivity contribution is 6.31. The number of methoxy groups -OCH3 is 1. The van der Waals surface area contributed by atoms with Gasteiger partial charge < -0.3 is 10.1 Å². The molecular formula is C22H21ClN6O5. The Hall–Kier alpha value is -4.25. The van der Waals surface area contributed by atoms with E-state index in [-0.39, 0.29) is 17.5 Å². The minimum absolute atomic E-state index is 0.188. The Morgan fingerprint density at radius 3 is 2.50 bits per heavy atom. The summed E-state index contributed by atoms with van der Waals surface area (Å²) in [6, 6.07) is 12.6. The first kappa shape index (κ1) is 24.4. The Morgan fingerprint density at radius 2 is 1.91 bits per heavy atom. The molecule has 11 nitrogen and oxygen atoms in total. The van der Waals surface area contributed by atoms with Crippen LogP contribution in [0, 0.1) is 10.1 Å². The SMILES string of the molecule is COc1nn([C@H](C)C(=O)NN=C(C)c2ccc(NC(=O)c3cccc(Cl)c3)cc2)cc1[N+](=O)[O-]. The van der Waals surface area contributed by atoms with Crippen molar-refractivity contribution in [2.75, 3.05) is 12.4 Å². The highest BCUT2D eigenvalue weighted by atomic mass is 35.5. The number of nitrogens with one attached hydrogen (secondary N) is 2. The van der Waals surface area contributed by atoms with E-state index in [4.69, 9.17) is 16.3 Å². The van der Waals surface area contributed by atoms with E-state index in [1.165, 1.54) is 14.0 Å². The maximum atomic E-state index is 12.4. The van der Waals surface area contributed by atoms with Crippen molar-refractivity contribution in [2.45, 2.75) is 19.9 Å². The Balaban J connectivity index is 1.63. The van der Waals surface area contributed by atoms with Crippen LogP contribution in [0.4, 0.5) is 11.4 Å². The number of carbonyl (C=O) groups is 2. The lowest BCUT2D eigenvalue weighted by Crippen LogP contribution is -2.28. The molecule has 2 aromatic carbocycles. The summed E-state index contributed by atoms with van der Waals surface area (Å²) >= 11 is 5.92. The molecule has 12 heteroatoms. The van der Waals surface area contributed by atoms with E-state index in [0.717, 1.165) is 10.9 Å². The molecule has 0 saturated carbocycles. The molecule has 2 N–H and O–H groups in total. The third kappa shape index (κ3) is 5.75. The molecule has 0 aliphatic carbocycles. The number of benzene rings is 2. The molecule has 0 unspecified atom stereocenters. The summed E-state index contributed by atoms with van der Waals surface area (Å²) in [5, 5.41) is 22.3.